The van der Waals surface area contributed by atoms with E-state index in [0.717, 1.165) is 57.2 Å². The minimum absolute atomic E-state index is 0.115. The highest BCUT2D eigenvalue weighted by Gasteiger charge is 2.28. The van der Waals surface area contributed by atoms with Gasteiger partial charge in [0.2, 0.25) is 0 Å². The van der Waals surface area contributed by atoms with Crippen molar-refractivity contribution in [2.24, 2.45) is 11.7 Å². The molecule has 0 atom stereocenters. The van der Waals surface area contributed by atoms with Crippen LogP contribution in [0.3, 0.4) is 0 Å². The molecule has 0 saturated carbocycles. The molecule has 1 aromatic heterocycles. The molecule has 1 aliphatic carbocycles. The van der Waals surface area contributed by atoms with Gasteiger partial charge >= 0.3 is 6.03 Å². The number of thiophene rings is 1. The number of carbonyl (C=O) groups is 2. The zero-order chi connectivity index (χ0) is 18.8. The summed E-state index contributed by atoms with van der Waals surface area (Å²) in [6.07, 6.45) is 5.99. The number of anilines is 1. The number of hydrogen-bond acceptors (Lipinski definition) is 3. The third-order valence-electron chi connectivity index (χ3n) is 5.66. The summed E-state index contributed by atoms with van der Waals surface area (Å²) in [5.74, 6) is 0.175. The fourth-order valence-electron chi connectivity index (χ4n) is 4.22. The maximum atomic E-state index is 12.7. The van der Waals surface area contributed by atoms with Gasteiger partial charge in [0.25, 0.3) is 5.91 Å². The van der Waals surface area contributed by atoms with Crippen molar-refractivity contribution in [1.82, 2.24) is 4.90 Å². The van der Waals surface area contributed by atoms with E-state index in [0.29, 0.717) is 16.5 Å². The minimum Gasteiger partial charge on any atom is -0.365 e. The van der Waals surface area contributed by atoms with Crippen LogP contribution in [0.25, 0.3) is 0 Å². The number of amides is 3. The first-order chi connectivity index (χ1) is 13.1. The molecule has 1 fully saturated rings. The fraction of sp³-hybridized carbons (Fsp3) is 0.429. The number of likely N-dealkylation sites (tertiary alicyclic amines) is 1. The summed E-state index contributed by atoms with van der Waals surface area (Å²) < 4.78 is 0. The number of nitrogens with two attached hydrogens (primary N) is 1. The van der Waals surface area contributed by atoms with Gasteiger partial charge in [-0.05, 0) is 55.6 Å². The van der Waals surface area contributed by atoms with E-state index in [2.05, 4.69) is 29.6 Å². The minimum atomic E-state index is -0.439. The lowest BCUT2D eigenvalue weighted by Crippen LogP contribution is -2.41. The number of urea groups is 1. The SMILES string of the molecule is NC(=O)c1c(NC(=O)N2CCC(Cc3ccccc3)CC2)sc2c1CCC2. The van der Waals surface area contributed by atoms with Gasteiger partial charge in [-0.15, -0.1) is 11.3 Å². The Kier molecular flexibility index (Phi) is 5.16. The predicted octanol–water partition coefficient (Wildman–Crippen LogP) is 3.82. The van der Waals surface area contributed by atoms with Crippen molar-refractivity contribution in [2.45, 2.75) is 38.5 Å². The molecule has 2 aromatic rings. The number of benzene rings is 1. The Hall–Kier alpha value is -2.34. The van der Waals surface area contributed by atoms with Crippen LogP contribution in [0.1, 0.15) is 45.6 Å². The standard InChI is InChI=1S/C21H25N3O2S/c22-19(25)18-16-7-4-8-17(16)27-20(18)23-21(26)24-11-9-15(10-12-24)13-14-5-2-1-3-6-14/h1-3,5-6,15H,4,7-13H2,(H2,22,25)(H,23,26). The van der Waals surface area contributed by atoms with Gasteiger partial charge in [0, 0.05) is 18.0 Å². The molecule has 2 heterocycles. The van der Waals surface area contributed by atoms with Crippen LogP contribution < -0.4 is 11.1 Å². The predicted molar refractivity (Wildman–Crippen MR) is 108 cm³/mol. The van der Waals surface area contributed by atoms with E-state index in [1.807, 2.05) is 11.0 Å². The van der Waals surface area contributed by atoms with Crippen molar-refractivity contribution < 1.29 is 9.59 Å². The molecule has 0 radical (unpaired) electrons. The van der Waals surface area contributed by atoms with Crippen molar-refractivity contribution in [3.8, 4) is 0 Å². The highest BCUT2D eigenvalue weighted by atomic mass is 32.1. The van der Waals surface area contributed by atoms with E-state index < -0.39 is 5.91 Å². The number of hydrogen-bond donors (Lipinski definition) is 2. The van der Waals surface area contributed by atoms with Crippen LogP contribution in [-0.2, 0) is 19.3 Å². The Morgan fingerprint density at radius 3 is 2.59 bits per heavy atom. The van der Waals surface area contributed by atoms with Crippen LogP contribution in [0.15, 0.2) is 30.3 Å². The molecule has 142 valence electrons. The fourth-order valence-corrected chi connectivity index (χ4v) is 5.50. The van der Waals surface area contributed by atoms with E-state index in [9.17, 15) is 9.59 Å². The summed E-state index contributed by atoms with van der Waals surface area (Å²) in [5.41, 5.74) is 8.51. The number of aryl methyl sites for hydroxylation is 1. The summed E-state index contributed by atoms with van der Waals surface area (Å²) in [4.78, 5) is 27.6. The maximum Gasteiger partial charge on any atom is 0.322 e. The summed E-state index contributed by atoms with van der Waals surface area (Å²) >= 11 is 1.51. The average molecular weight is 384 g/mol. The first-order valence-corrected chi connectivity index (χ1v) is 10.5. The molecule has 4 rings (SSSR count). The van der Waals surface area contributed by atoms with Gasteiger partial charge in [-0.3, -0.25) is 10.1 Å². The molecular weight excluding hydrogens is 358 g/mol. The van der Waals surface area contributed by atoms with Gasteiger partial charge in [0.05, 0.1) is 5.56 Å². The Labute approximate surface area is 163 Å². The van der Waals surface area contributed by atoms with Crippen LogP contribution in [0.4, 0.5) is 9.80 Å². The lowest BCUT2D eigenvalue weighted by atomic mass is 9.90. The molecule has 0 spiro atoms. The van der Waals surface area contributed by atoms with Crippen molar-refractivity contribution >= 4 is 28.3 Å². The highest BCUT2D eigenvalue weighted by Crippen LogP contribution is 2.39. The van der Waals surface area contributed by atoms with Gasteiger partial charge in [0.1, 0.15) is 5.00 Å². The Balaban J connectivity index is 1.36. The summed E-state index contributed by atoms with van der Waals surface area (Å²) in [7, 11) is 0. The average Bonchev–Trinajstić information content (AvgIpc) is 3.23. The van der Waals surface area contributed by atoms with Crippen molar-refractivity contribution in [2.75, 3.05) is 18.4 Å². The van der Waals surface area contributed by atoms with Crippen molar-refractivity contribution in [1.29, 1.82) is 0 Å². The Morgan fingerprint density at radius 1 is 1.15 bits per heavy atom. The Morgan fingerprint density at radius 2 is 1.89 bits per heavy atom. The topological polar surface area (TPSA) is 75.4 Å². The third kappa shape index (κ3) is 3.86. The molecule has 5 nitrogen and oxygen atoms in total. The Bertz CT molecular complexity index is 839. The molecule has 3 N–H and O–H groups in total. The second-order valence-corrected chi connectivity index (χ2v) is 8.58. The van der Waals surface area contributed by atoms with Gasteiger partial charge in [-0.2, -0.15) is 0 Å². The van der Waals surface area contributed by atoms with Gasteiger partial charge in [-0.25, -0.2) is 4.79 Å². The summed E-state index contributed by atoms with van der Waals surface area (Å²) in [6.45, 7) is 1.50. The maximum absolute atomic E-state index is 12.7. The zero-order valence-corrected chi connectivity index (χ0v) is 16.2. The largest absolute Gasteiger partial charge is 0.365 e. The van der Waals surface area contributed by atoms with E-state index in [1.54, 1.807) is 0 Å². The summed E-state index contributed by atoms with van der Waals surface area (Å²) in [6, 6.07) is 10.4. The van der Waals surface area contributed by atoms with Crippen LogP contribution in [0, 0.1) is 5.92 Å². The van der Waals surface area contributed by atoms with Gasteiger partial charge < -0.3 is 10.6 Å². The van der Waals surface area contributed by atoms with Crippen LogP contribution in [0.2, 0.25) is 0 Å². The number of carbonyl (C=O) groups excluding carboxylic acids is 2. The smallest absolute Gasteiger partial charge is 0.322 e. The van der Waals surface area contributed by atoms with E-state index in [4.69, 9.17) is 5.73 Å². The van der Waals surface area contributed by atoms with Crippen molar-refractivity contribution in [3.05, 3.63) is 51.9 Å². The normalized spacial score (nSPS) is 17.0. The number of fused-ring (bicyclic) bond motifs is 1. The molecular formula is C21H25N3O2S. The third-order valence-corrected chi connectivity index (χ3v) is 6.86. The molecule has 2 aliphatic rings. The van der Waals surface area contributed by atoms with Crippen LogP contribution in [-0.4, -0.2) is 29.9 Å². The molecule has 27 heavy (non-hydrogen) atoms. The number of nitrogens with one attached hydrogen (secondary N) is 1. The highest BCUT2D eigenvalue weighted by molar-refractivity contribution is 7.17. The lowest BCUT2D eigenvalue weighted by Gasteiger charge is -2.32. The van der Waals surface area contributed by atoms with Crippen LogP contribution in [0.5, 0.6) is 0 Å². The van der Waals surface area contributed by atoms with Crippen LogP contribution >= 0.6 is 11.3 Å². The first kappa shape index (κ1) is 18.0. The van der Waals surface area contributed by atoms with Gasteiger partial charge in [0.15, 0.2) is 0 Å². The monoisotopic (exact) mass is 383 g/mol. The number of nitrogens with zero attached hydrogens (tertiary/aromatic N) is 1. The first-order valence-electron chi connectivity index (χ1n) is 9.66. The molecule has 3 amide bonds. The quantitative estimate of drug-likeness (QED) is 0.842. The summed E-state index contributed by atoms with van der Waals surface area (Å²) in [5, 5.41) is 3.59. The second kappa shape index (κ2) is 7.72. The molecule has 6 heteroatoms. The number of primary amides is 1. The molecule has 1 saturated heterocycles. The van der Waals surface area contributed by atoms with E-state index in [1.165, 1.54) is 21.8 Å². The number of rotatable bonds is 4. The van der Waals surface area contributed by atoms with E-state index in [-0.39, 0.29) is 6.03 Å². The zero-order valence-electron chi connectivity index (χ0n) is 15.4. The van der Waals surface area contributed by atoms with E-state index >= 15 is 0 Å². The molecule has 1 aromatic carbocycles. The molecule has 0 unspecified atom stereocenters. The molecule has 0 bridgehead atoms. The molecule has 1 aliphatic heterocycles. The lowest BCUT2D eigenvalue weighted by molar-refractivity contribution is 0.100. The number of piperidine rings is 1. The van der Waals surface area contributed by atoms with Gasteiger partial charge in [-0.1, -0.05) is 30.3 Å². The second-order valence-electron chi connectivity index (χ2n) is 7.48. The van der Waals surface area contributed by atoms with Crippen molar-refractivity contribution in [3.63, 3.8) is 0 Å².